The normalized spacial score (nSPS) is 22.1. The predicted molar refractivity (Wildman–Crippen MR) is 106 cm³/mol. The minimum Gasteiger partial charge on any atom is -0.396 e. The first-order valence-corrected chi connectivity index (χ1v) is 10.1. The molecule has 31 heavy (non-hydrogen) atoms. The van der Waals surface area contributed by atoms with E-state index in [1.165, 1.54) is 21.7 Å². The Bertz CT molecular complexity index is 1060. The van der Waals surface area contributed by atoms with Crippen LogP contribution >= 0.6 is 0 Å². The van der Waals surface area contributed by atoms with Crippen molar-refractivity contribution in [3.63, 3.8) is 0 Å². The van der Waals surface area contributed by atoms with E-state index < -0.39 is 17.8 Å². The quantitative estimate of drug-likeness (QED) is 0.702. The lowest BCUT2D eigenvalue weighted by atomic mass is 9.96. The number of rotatable bonds is 2. The van der Waals surface area contributed by atoms with Crippen LogP contribution in [0.5, 0.6) is 0 Å². The fraction of sp³-hybridized carbons (Fsp3) is 0.476. The van der Waals surface area contributed by atoms with Gasteiger partial charge in [0.1, 0.15) is 11.5 Å². The van der Waals surface area contributed by atoms with Gasteiger partial charge in [-0.1, -0.05) is 0 Å². The Hall–Kier alpha value is -3.06. The van der Waals surface area contributed by atoms with E-state index in [1.54, 1.807) is 6.92 Å². The summed E-state index contributed by atoms with van der Waals surface area (Å²) in [5.41, 5.74) is 0.743. The monoisotopic (exact) mass is 433 g/mol. The molecule has 7 nitrogen and oxygen atoms in total. The molecule has 0 aliphatic carbocycles. The molecular formula is C21H22F3N5O2. The van der Waals surface area contributed by atoms with Gasteiger partial charge in [-0.3, -0.25) is 4.68 Å². The number of amides is 2. The van der Waals surface area contributed by atoms with Crippen LogP contribution in [-0.2, 0) is 25.4 Å². The Morgan fingerprint density at radius 3 is 2.94 bits per heavy atom. The molecule has 3 heterocycles. The van der Waals surface area contributed by atoms with Crippen LogP contribution in [0.25, 0.3) is 4.85 Å². The number of hydrogen-bond donors (Lipinski definition) is 2. The van der Waals surface area contributed by atoms with E-state index in [4.69, 9.17) is 6.57 Å². The van der Waals surface area contributed by atoms with Crippen LogP contribution in [0.4, 0.5) is 29.3 Å². The van der Waals surface area contributed by atoms with Gasteiger partial charge in [-0.15, -0.1) is 0 Å². The molecule has 1 aromatic carbocycles. The van der Waals surface area contributed by atoms with Crippen molar-refractivity contribution in [1.29, 1.82) is 0 Å². The molecule has 0 radical (unpaired) electrons. The van der Waals surface area contributed by atoms with Gasteiger partial charge in [0.25, 0.3) is 5.92 Å². The van der Waals surface area contributed by atoms with E-state index >= 15 is 0 Å². The van der Waals surface area contributed by atoms with Crippen LogP contribution in [0, 0.1) is 18.3 Å². The maximum absolute atomic E-state index is 15.0. The number of nitrogens with zero attached hydrogens (tertiary/aromatic N) is 4. The molecule has 0 saturated carbocycles. The molecule has 0 spiro atoms. The molecular weight excluding hydrogens is 411 g/mol. The SMILES string of the molecule is [C-]#[N+]c1cc(NC(=O)N2Cc3c(nn4c3C(F)(F)CC[C@H](CO)C4)C[C@H]2C)ccc1F. The molecule has 164 valence electrons. The van der Waals surface area contributed by atoms with Gasteiger partial charge in [-0.05, 0) is 31.5 Å². The summed E-state index contributed by atoms with van der Waals surface area (Å²) in [5.74, 6) is -4.08. The smallest absolute Gasteiger partial charge is 0.322 e. The average molecular weight is 433 g/mol. The van der Waals surface area contributed by atoms with E-state index in [2.05, 4.69) is 15.3 Å². The van der Waals surface area contributed by atoms with Crippen molar-refractivity contribution in [1.82, 2.24) is 14.7 Å². The highest BCUT2D eigenvalue weighted by Crippen LogP contribution is 2.42. The lowest BCUT2D eigenvalue weighted by Gasteiger charge is -2.33. The number of nitrogens with one attached hydrogen (secondary N) is 1. The van der Waals surface area contributed by atoms with Gasteiger partial charge in [-0.2, -0.15) is 13.9 Å². The molecule has 2 aliphatic rings. The third-order valence-electron chi connectivity index (χ3n) is 5.96. The number of aliphatic hydroxyl groups excluding tert-OH is 1. The molecule has 0 fully saturated rings. The third-order valence-corrected chi connectivity index (χ3v) is 5.96. The molecule has 1 aromatic heterocycles. The van der Waals surface area contributed by atoms with Gasteiger partial charge < -0.3 is 15.3 Å². The number of fused-ring (bicyclic) bond motifs is 3. The molecule has 0 saturated heterocycles. The second-order valence-corrected chi connectivity index (χ2v) is 8.14. The highest BCUT2D eigenvalue weighted by Gasteiger charge is 2.44. The number of aliphatic hydroxyl groups is 1. The van der Waals surface area contributed by atoms with Gasteiger partial charge >= 0.3 is 6.03 Å². The van der Waals surface area contributed by atoms with Gasteiger partial charge in [0.2, 0.25) is 5.69 Å². The highest BCUT2D eigenvalue weighted by molar-refractivity contribution is 5.90. The van der Waals surface area contributed by atoms with Crippen LogP contribution in [0.2, 0.25) is 0 Å². The molecule has 2 aromatic rings. The Balaban J connectivity index is 1.62. The topological polar surface area (TPSA) is 74.8 Å². The summed E-state index contributed by atoms with van der Waals surface area (Å²) in [5, 5.41) is 16.5. The number of alkyl halides is 2. The minimum absolute atomic E-state index is 0.0338. The zero-order valence-electron chi connectivity index (χ0n) is 16.9. The molecule has 2 aliphatic heterocycles. The number of anilines is 1. The first kappa shape index (κ1) is 21.2. The van der Waals surface area contributed by atoms with Crippen LogP contribution in [0.15, 0.2) is 18.2 Å². The van der Waals surface area contributed by atoms with Gasteiger partial charge in [-0.25, -0.2) is 14.0 Å². The fourth-order valence-electron chi connectivity index (χ4n) is 4.27. The van der Waals surface area contributed by atoms with Crippen LogP contribution in [0.1, 0.15) is 36.7 Å². The second-order valence-electron chi connectivity index (χ2n) is 8.14. The number of halogens is 3. The lowest BCUT2D eigenvalue weighted by Crippen LogP contribution is -2.45. The van der Waals surface area contributed by atoms with Gasteiger partial charge in [0.15, 0.2) is 0 Å². The molecule has 0 unspecified atom stereocenters. The largest absolute Gasteiger partial charge is 0.396 e. The Labute approximate surface area is 177 Å². The number of benzene rings is 1. The molecule has 4 rings (SSSR count). The second kappa shape index (κ2) is 7.89. The Kier molecular flexibility index (Phi) is 5.39. The maximum atomic E-state index is 15.0. The molecule has 2 amide bonds. The van der Waals surface area contributed by atoms with Crippen molar-refractivity contribution in [2.24, 2.45) is 5.92 Å². The summed E-state index contributed by atoms with van der Waals surface area (Å²) in [6.45, 7) is 8.79. The maximum Gasteiger partial charge on any atom is 0.322 e. The number of aromatic nitrogens is 2. The first-order chi connectivity index (χ1) is 14.7. The molecule has 10 heteroatoms. The summed E-state index contributed by atoms with van der Waals surface area (Å²) in [6, 6.07) is 2.85. The van der Waals surface area contributed by atoms with Crippen molar-refractivity contribution in [3.05, 3.63) is 52.4 Å². The van der Waals surface area contributed by atoms with E-state index in [9.17, 15) is 23.1 Å². The predicted octanol–water partition coefficient (Wildman–Crippen LogP) is 4.05. The van der Waals surface area contributed by atoms with Crippen molar-refractivity contribution >= 4 is 17.4 Å². The average Bonchev–Trinajstić information content (AvgIpc) is 3.02. The Morgan fingerprint density at radius 1 is 1.45 bits per heavy atom. The van der Waals surface area contributed by atoms with Crippen molar-refractivity contribution in [3.8, 4) is 0 Å². The zero-order chi connectivity index (χ0) is 22.3. The summed E-state index contributed by atoms with van der Waals surface area (Å²) in [6.07, 6.45) is 0.128. The van der Waals surface area contributed by atoms with E-state index in [0.717, 1.165) is 6.07 Å². The van der Waals surface area contributed by atoms with Gasteiger partial charge in [0.05, 0.1) is 18.8 Å². The van der Waals surface area contributed by atoms with Crippen molar-refractivity contribution < 1.29 is 23.1 Å². The fourth-order valence-corrected chi connectivity index (χ4v) is 4.27. The molecule has 0 bridgehead atoms. The molecule has 2 N–H and O–H groups in total. The number of hydrogen-bond acceptors (Lipinski definition) is 3. The zero-order valence-corrected chi connectivity index (χ0v) is 16.9. The summed E-state index contributed by atoms with van der Waals surface area (Å²) in [4.78, 5) is 17.4. The van der Waals surface area contributed by atoms with Crippen LogP contribution in [-0.4, -0.2) is 38.5 Å². The van der Waals surface area contributed by atoms with Gasteiger partial charge in [0, 0.05) is 49.2 Å². The van der Waals surface area contributed by atoms with Crippen molar-refractivity contribution in [2.75, 3.05) is 11.9 Å². The van der Waals surface area contributed by atoms with E-state index in [0.29, 0.717) is 17.7 Å². The van der Waals surface area contributed by atoms with Crippen LogP contribution < -0.4 is 5.32 Å². The number of carbonyl (C=O) groups is 1. The van der Waals surface area contributed by atoms with E-state index in [1.807, 2.05) is 0 Å². The summed E-state index contributed by atoms with van der Waals surface area (Å²) < 4.78 is 44.8. The highest BCUT2D eigenvalue weighted by atomic mass is 19.3. The lowest BCUT2D eigenvalue weighted by molar-refractivity contribution is -0.0227. The Morgan fingerprint density at radius 2 is 2.23 bits per heavy atom. The van der Waals surface area contributed by atoms with E-state index in [-0.39, 0.29) is 61.6 Å². The van der Waals surface area contributed by atoms with Crippen molar-refractivity contribution in [2.45, 2.75) is 51.2 Å². The number of carbonyl (C=O) groups excluding carboxylic acids is 1. The van der Waals surface area contributed by atoms with Crippen LogP contribution in [0.3, 0.4) is 0 Å². The first-order valence-electron chi connectivity index (χ1n) is 10.1. The minimum atomic E-state index is -3.10. The summed E-state index contributed by atoms with van der Waals surface area (Å²) in [7, 11) is 0. The third kappa shape index (κ3) is 3.85. The molecule has 2 atom stereocenters. The number of urea groups is 1. The standard InChI is InChI=1S/C21H22F3N5O2/c1-12-7-17-15(19-21(23,24)6-5-13(11-30)9-29(19)27-17)10-28(12)20(31)26-14-3-4-16(22)18(8-14)25-2/h3-4,8,12-13,30H,5-7,9-11H2,1H3,(H,26,31)/t12-,13+/m1/s1. The summed E-state index contributed by atoms with van der Waals surface area (Å²) >= 11 is 0.